The molecule has 53 heavy (non-hydrogen) atoms. The molecule has 0 bridgehead atoms. The Labute approximate surface area is 319 Å². The molecule has 0 aliphatic rings. The predicted molar refractivity (Wildman–Crippen MR) is 214 cm³/mol. The molecule has 0 aliphatic heterocycles. The first-order chi connectivity index (χ1) is 24.4. The molecule has 2 aromatic carbocycles. The molecule has 300 valence electrons. The molecule has 0 saturated heterocycles. The Morgan fingerprint density at radius 1 is 0.906 bits per heavy atom. The van der Waals surface area contributed by atoms with Gasteiger partial charge in [-0.25, -0.2) is 13.2 Å². The van der Waals surface area contributed by atoms with Crippen LogP contribution in [0.25, 0.3) is 0 Å². The predicted octanol–water partition coefficient (Wildman–Crippen LogP) is 8.02. The average molecular weight is 798 g/mol. The lowest BCUT2D eigenvalue weighted by Crippen LogP contribution is -2.59. The van der Waals surface area contributed by atoms with Gasteiger partial charge in [0, 0.05) is 54.1 Å². The van der Waals surface area contributed by atoms with Crippen molar-refractivity contribution in [3.8, 4) is 5.75 Å². The molecule has 1 amide bonds. The molecule has 0 spiro atoms. The zero-order chi connectivity index (χ0) is 40.2. The number of nitro benzene ring substituents is 1. The molecule has 0 aromatic heterocycles. The van der Waals surface area contributed by atoms with E-state index < -0.39 is 60.6 Å². The minimum absolute atomic E-state index is 0.0380. The number of nitrogens with zero attached hydrogens (tertiary/aromatic N) is 3. The van der Waals surface area contributed by atoms with E-state index in [2.05, 4.69) is 39.3 Å². The Hall–Kier alpha value is -2.87. The summed E-state index contributed by atoms with van der Waals surface area (Å²) in [5.41, 5.74) is -0.558. The lowest BCUT2D eigenvalue weighted by molar-refractivity contribution is -0.386. The Morgan fingerprint density at radius 3 is 1.96 bits per heavy atom. The molecular formula is C37H63N3O10SSi2. The van der Waals surface area contributed by atoms with Gasteiger partial charge in [-0.05, 0) is 62.9 Å². The molecule has 16 heteroatoms. The maximum atomic E-state index is 14.5. The van der Waals surface area contributed by atoms with E-state index in [1.54, 1.807) is 20.8 Å². The first-order valence-electron chi connectivity index (χ1n) is 18.2. The van der Waals surface area contributed by atoms with Crippen LogP contribution in [-0.4, -0.2) is 107 Å². The van der Waals surface area contributed by atoms with Gasteiger partial charge in [-0.3, -0.25) is 15.0 Å². The van der Waals surface area contributed by atoms with Gasteiger partial charge >= 0.3 is 11.8 Å². The summed E-state index contributed by atoms with van der Waals surface area (Å²) in [5.74, 6) is -0.269. The third kappa shape index (κ3) is 16.2. The Balaban J connectivity index is 2.59. The van der Waals surface area contributed by atoms with Crippen LogP contribution in [0.4, 0.5) is 10.5 Å². The zero-order valence-corrected chi connectivity index (χ0v) is 36.4. The molecule has 2 rings (SSSR count). The van der Waals surface area contributed by atoms with Crippen molar-refractivity contribution in [1.29, 1.82) is 0 Å². The van der Waals surface area contributed by atoms with E-state index in [0.29, 0.717) is 13.2 Å². The van der Waals surface area contributed by atoms with Crippen molar-refractivity contribution < 1.29 is 42.2 Å². The molecule has 1 N–H and O–H groups in total. The number of carbonyl (C=O) groups is 1. The van der Waals surface area contributed by atoms with Gasteiger partial charge in [-0.15, -0.1) is 0 Å². The fourth-order valence-corrected chi connectivity index (χ4v) is 8.67. The maximum Gasteiger partial charge on any atom is 0.408 e. The van der Waals surface area contributed by atoms with Crippen LogP contribution in [0.2, 0.25) is 51.4 Å². The van der Waals surface area contributed by atoms with Gasteiger partial charge < -0.3 is 24.1 Å². The highest BCUT2D eigenvalue weighted by Gasteiger charge is 2.41. The highest BCUT2D eigenvalue weighted by molar-refractivity contribution is 7.89. The Bertz CT molecular complexity index is 1560. The molecular weight excluding hydrogens is 735 g/mol. The Morgan fingerprint density at radius 2 is 1.47 bits per heavy atom. The summed E-state index contributed by atoms with van der Waals surface area (Å²) >= 11 is 0. The summed E-state index contributed by atoms with van der Waals surface area (Å²) in [6.07, 6.45) is -1.94. The number of benzene rings is 2. The quantitative estimate of drug-likeness (QED) is 0.0384. The minimum atomic E-state index is -4.39. The van der Waals surface area contributed by atoms with Gasteiger partial charge in [-0.2, -0.15) is 4.31 Å². The average Bonchev–Trinajstić information content (AvgIpc) is 3.01. The molecule has 0 unspecified atom stereocenters. The van der Waals surface area contributed by atoms with Crippen molar-refractivity contribution in [2.45, 2.75) is 115 Å². The molecule has 2 aromatic rings. The van der Waals surface area contributed by atoms with Gasteiger partial charge in [0.2, 0.25) is 10.0 Å². The smallest absolute Gasteiger partial charge is 0.408 e. The number of hydrogen-bond donors (Lipinski definition) is 1. The standard InChI is InChI=1S/C37H63N3O10SSi2/c1-29(2)25-38(51(45,46)31-17-18-34(33(24-31)40(43)44)49-27-47-19-21-52(6,7)8)26-35(50-28-48-20-22-53(9,10)11)32(23-30-15-13-12-14-16-30)39(36(41)42)37(3,4)5/h12-18,24,29,32,35H,19-23,25-28H2,1-11H3,(H,41,42)/t32-,35+/m0/s1. The van der Waals surface area contributed by atoms with Crippen molar-refractivity contribution in [1.82, 2.24) is 9.21 Å². The van der Waals surface area contributed by atoms with E-state index in [9.17, 15) is 28.4 Å². The van der Waals surface area contributed by atoms with E-state index in [1.165, 1.54) is 21.3 Å². The van der Waals surface area contributed by atoms with E-state index in [1.807, 2.05) is 44.2 Å². The molecule has 0 radical (unpaired) electrons. The fourth-order valence-electron chi connectivity index (χ4n) is 5.52. The summed E-state index contributed by atoms with van der Waals surface area (Å²) in [4.78, 5) is 25.5. The number of amides is 1. The third-order valence-electron chi connectivity index (χ3n) is 8.35. The molecule has 2 atom stereocenters. The van der Waals surface area contributed by atoms with Crippen LogP contribution in [0, 0.1) is 16.0 Å². The number of sulfonamides is 1. The largest absolute Gasteiger partial charge is 0.465 e. The van der Waals surface area contributed by atoms with Crippen LogP contribution in [-0.2, 0) is 30.7 Å². The SMILES string of the molecule is CC(C)CN(C[C@@H](OCOCC[Si](C)(C)C)[C@H](Cc1ccccc1)N(C(=O)O)C(C)(C)C)S(=O)(=O)c1ccc(OCOCC[Si](C)(C)C)c([N+](=O)[O-])c1. The number of rotatable bonds is 23. The van der Waals surface area contributed by atoms with Gasteiger partial charge in [-0.1, -0.05) is 83.5 Å². The summed E-state index contributed by atoms with van der Waals surface area (Å²) < 4.78 is 53.6. The van der Waals surface area contributed by atoms with Gasteiger partial charge in [0.1, 0.15) is 6.79 Å². The maximum absolute atomic E-state index is 14.5. The number of carboxylic acid groups (broad SMARTS) is 1. The number of ether oxygens (including phenoxy) is 4. The summed E-state index contributed by atoms with van der Waals surface area (Å²) in [5, 5.41) is 22.8. The van der Waals surface area contributed by atoms with Gasteiger partial charge in [0.05, 0.1) is 22.0 Å². The van der Waals surface area contributed by atoms with Crippen molar-refractivity contribution in [3.05, 3.63) is 64.2 Å². The Kier molecular flexibility index (Phi) is 17.6. The van der Waals surface area contributed by atoms with Crippen molar-refractivity contribution in [2.24, 2.45) is 5.92 Å². The lowest BCUT2D eigenvalue weighted by Gasteiger charge is -2.44. The van der Waals surface area contributed by atoms with E-state index in [0.717, 1.165) is 23.7 Å². The van der Waals surface area contributed by atoms with Crippen molar-refractivity contribution in [2.75, 3.05) is 39.9 Å². The summed E-state index contributed by atoms with van der Waals surface area (Å²) in [7, 11) is -7.16. The van der Waals surface area contributed by atoms with Crippen LogP contribution in [0.5, 0.6) is 5.75 Å². The zero-order valence-electron chi connectivity index (χ0n) is 33.6. The monoisotopic (exact) mass is 797 g/mol. The normalized spacial score (nSPS) is 14.0. The second-order valence-corrected chi connectivity index (χ2v) is 30.4. The van der Waals surface area contributed by atoms with E-state index >= 15 is 0 Å². The highest BCUT2D eigenvalue weighted by Crippen LogP contribution is 2.32. The van der Waals surface area contributed by atoms with E-state index in [-0.39, 0.29) is 49.7 Å². The van der Waals surface area contributed by atoms with Crippen molar-refractivity contribution >= 4 is 38.0 Å². The van der Waals surface area contributed by atoms with Gasteiger partial charge in [0.25, 0.3) is 0 Å². The lowest BCUT2D eigenvalue weighted by atomic mass is 9.94. The van der Waals surface area contributed by atoms with Crippen LogP contribution >= 0.6 is 0 Å². The second-order valence-electron chi connectivity index (χ2n) is 17.2. The van der Waals surface area contributed by atoms with Crippen LogP contribution < -0.4 is 4.74 Å². The molecule has 13 nitrogen and oxygen atoms in total. The van der Waals surface area contributed by atoms with Crippen LogP contribution in [0.15, 0.2) is 53.4 Å². The first kappa shape index (κ1) is 46.3. The molecule has 0 saturated carbocycles. The molecule has 0 heterocycles. The van der Waals surface area contributed by atoms with Crippen molar-refractivity contribution in [3.63, 3.8) is 0 Å². The number of hydrogen-bond acceptors (Lipinski definition) is 9. The molecule has 0 fully saturated rings. The summed E-state index contributed by atoms with van der Waals surface area (Å²) in [6.45, 7) is 22.7. The third-order valence-corrected chi connectivity index (χ3v) is 13.6. The van der Waals surface area contributed by atoms with Crippen LogP contribution in [0.1, 0.15) is 40.2 Å². The second kappa shape index (κ2) is 20.2. The first-order valence-corrected chi connectivity index (χ1v) is 27.0. The number of nitro groups is 1. The molecule has 0 aliphatic carbocycles. The van der Waals surface area contributed by atoms with Crippen LogP contribution in [0.3, 0.4) is 0 Å². The highest BCUT2D eigenvalue weighted by atomic mass is 32.2. The topological polar surface area (TPSA) is 158 Å². The fraction of sp³-hybridized carbons (Fsp3) is 0.649. The van der Waals surface area contributed by atoms with Gasteiger partial charge in [0.15, 0.2) is 12.5 Å². The summed E-state index contributed by atoms with van der Waals surface area (Å²) in [6, 6.07) is 13.8. The van der Waals surface area contributed by atoms with E-state index in [4.69, 9.17) is 18.9 Å². The minimum Gasteiger partial charge on any atom is -0.465 e.